The molecular weight excluding hydrogens is 313 g/mol. The van der Waals surface area contributed by atoms with Crippen molar-refractivity contribution in [2.75, 3.05) is 5.43 Å². The van der Waals surface area contributed by atoms with Gasteiger partial charge in [0.05, 0.1) is 17.5 Å². The van der Waals surface area contributed by atoms with Gasteiger partial charge in [-0.15, -0.1) is 13.2 Å². The van der Waals surface area contributed by atoms with Crippen molar-refractivity contribution in [2.45, 2.75) is 6.36 Å². The molecule has 0 aliphatic rings. The van der Waals surface area contributed by atoms with Crippen LogP contribution in [0.4, 0.5) is 18.9 Å². The molecule has 0 aliphatic heterocycles. The first-order chi connectivity index (χ1) is 10.8. The molecule has 120 valence electrons. The molecule has 0 saturated carbocycles. The summed E-state index contributed by atoms with van der Waals surface area (Å²) in [6, 6.07) is 11.1. The first-order valence-corrected chi connectivity index (χ1v) is 6.32. The lowest BCUT2D eigenvalue weighted by molar-refractivity contribution is -0.274. The maximum atomic E-state index is 12.0. The number of hydrazone groups is 1. The van der Waals surface area contributed by atoms with Gasteiger partial charge in [-0.1, -0.05) is 0 Å². The molecule has 0 amide bonds. The third-order valence-electron chi connectivity index (χ3n) is 2.65. The van der Waals surface area contributed by atoms with Crippen molar-refractivity contribution in [1.29, 1.82) is 0 Å². The van der Waals surface area contributed by atoms with Crippen LogP contribution in [-0.2, 0) is 0 Å². The molecular formula is C15H11F3N2O3. The second kappa shape index (κ2) is 6.82. The highest BCUT2D eigenvalue weighted by Crippen LogP contribution is 2.22. The number of hydrogen-bond acceptors (Lipinski definition) is 4. The lowest BCUT2D eigenvalue weighted by atomic mass is 10.2. The van der Waals surface area contributed by atoms with Crippen molar-refractivity contribution < 1.29 is 27.8 Å². The fourth-order valence-corrected chi connectivity index (χ4v) is 1.62. The predicted molar refractivity (Wildman–Crippen MR) is 77.7 cm³/mol. The van der Waals surface area contributed by atoms with Crippen LogP contribution in [0.5, 0.6) is 5.75 Å². The number of rotatable bonds is 5. The van der Waals surface area contributed by atoms with Crippen LogP contribution in [0.1, 0.15) is 15.9 Å². The molecule has 8 heteroatoms. The Morgan fingerprint density at radius 1 is 1.09 bits per heavy atom. The highest BCUT2D eigenvalue weighted by molar-refractivity contribution is 5.88. The minimum Gasteiger partial charge on any atom is -0.478 e. The van der Waals surface area contributed by atoms with Gasteiger partial charge in [-0.2, -0.15) is 5.10 Å². The van der Waals surface area contributed by atoms with Crippen molar-refractivity contribution in [3.63, 3.8) is 0 Å². The number of hydrogen-bond donors (Lipinski definition) is 2. The normalized spacial score (nSPS) is 11.4. The first kappa shape index (κ1) is 16.3. The minimum atomic E-state index is -4.72. The van der Waals surface area contributed by atoms with Crippen LogP contribution in [-0.4, -0.2) is 23.7 Å². The fraction of sp³-hybridized carbons (Fsp3) is 0.0667. The Kier molecular flexibility index (Phi) is 4.85. The van der Waals surface area contributed by atoms with E-state index in [1.165, 1.54) is 42.6 Å². The van der Waals surface area contributed by atoms with Crippen LogP contribution in [0, 0.1) is 0 Å². The largest absolute Gasteiger partial charge is 0.573 e. The summed E-state index contributed by atoms with van der Waals surface area (Å²) in [5, 5.41) is 12.7. The van der Waals surface area contributed by atoms with E-state index >= 15 is 0 Å². The number of anilines is 1. The van der Waals surface area contributed by atoms with E-state index in [1.54, 1.807) is 12.1 Å². The molecule has 2 N–H and O–H groups in total. The molecule has 2 aromatic rings. The molecule has 0 saturated heterocycles. The van der Waals surface area contributed by atoms with Gasteiger partial charge in [0.15, 0.2) is 0 Å². The van der Waals surface area contributed by atoms with Crippen LogP contribution >= 0.6 is 0 Å². The Balaban J connectivity index is 1.94. The summed E-state index contributed by atoms with van der Waals surface area (Å²) in [6.07, 6.45) is -3.32. The van der Waals surface area contributed by atoms with Crippen LogP contribution in [0.15, 0.2) is 53.6 Å². The first-order valence-electron chi connectivity index (χ1n) is 6.32. The number of benzene rings is 2. The zero-order valence-corrected chi connectivity index (χ0v) is 11.5. The SMILES string of the molecule is O=C(O)c1ccc(N/N=C\c2ccc(OC(F)(F)F)cc2)cc1. The van der Waals surface area contributed by atoms with Crippen LogP contribution < -0.4 is 10.2 Å². The van der Waals surface area contributed by atoms with Gasteiger partial charge in [0.2, 0.25) is 0 Å². The van der Waals surface area contributed by atoms with Gasteiger partial charge in [-0.05, 0) is 54.1 Å². The zero-order chi connectivity index (χ0) is 16.9. The average Bonchev–Trinajstić information content (AvgIpc) is 2.48. The number of carbonyl (C=O) groups is 1. The molecule has 0 aromatic heterocycles. The monoisotopic (exact) mass is 324 g/mol. The lowest BCUT2D eigenvalue weighted by Gasteiger charge is -2.08. The van der Waals surface area contributed by atoms with E-state index in [1.807, 2.05) is 0 Å². The number of nitrogens with zero attached hydrogens (tertiary/aromatic N) is 1. The van der Waals surface area contributed by atoms with E-state index in [2.05, 4.69) is 15.3 Å². The summed E-state index contributed by atoms with van der Waals surface area (Å²) in [6.45, 7) is 0. The summed E-state index contributed by atoms with van der Waals surface area (Å²) in [5.41, 5.74) is 3.97. The van der Waals surface area contributed by atoms with E-state index < -0.39 is 12.3 Å². The summed E-state index contributed by atoms with van der Waals surface area (Å²) < 4.78 is 39.8. The molecule has 0 radical (unpaired) electrons. The van der Waals surface area contributed by atoms with Gasteiger partial charge in [0.1, 0.15) is 5.75 Å². The van der Waals surface area contributed by atoms with Gasteiger partial charge in [0.25, 0.3) is 0 Å². The Bertz CT molecular complexity index is 695. The Morgan fingerprint density at radius 3 is 2.22 bits per heavy atom. The Hall–Kier alpha value is -3.03. The number of nitrogens with one attached hydrogen (secondary N) is 1. The topological polar surface area (TPSA) is 70.9 Å². The number of halogens is 3. The molecule has 0 bridgehead atoms. The summed E-state index contributed by atoms with van der Waals surface area (Å²) >= 11 is 0. The minimum absolute atomic E-state index is 0.153. The number of aromatic carboxylic acids is 1. The van der Waals surface area contributed by atoms with Crippen molar-refractivity contribution in [3.8, 4) is 5.75 Å². The van der Waals surface area contributed by atoms with E-state index in [-0.39, 0.29) is 11.3 Å². The van der Waals surface area contributed by atoms with Crippen molar-refractivity contribution in [1.82, 2.24) is 0 Å². The maximum Gasteiger partial charge on any atom is 0.573 e. The molecule has 23 heavy (non-hydrogen) atoms. The number of carboxylic acid groups (broad SMARTS) is 1. The standard InChI is InChI=1S/C15H11F3N2O3/c16-15(17,18)23-13-7-1-10(2-8-13)9-19-20-12-5-3-11(4-6-12)14(21)22/h1-9,20H,(H,21,22)/b19-9-. The number of ether oxygens (including phenoxy) is 1. The molecule has 0 spiro atoms. The summed E-state index contributed by atoms with van der Waals surface area (Å²) in [5.74, 6) is -1.34. The van der Waals surface area contributed by atoms with E-state index in [0.29, 0.717) is 11.3 Å². The molecule has 0 heterocycles. The second-order valence-corrected chi connectivity index (χ2v) is 4.37. The molecule has 0 aliphatic carbocycles. The van der Waals surface area contributed by atoms with Gasteiger partial charge < -0.3 is 9.84 Å². The molecule has 0 fully saturated rings. The molecule has 2 rings (SSSR count). The van der Waals surface area contributed by atoms with Crippen molar-refractivity contribution in [3.05, 3.63) is 59.7 Å². The zero-order valence-electron chi connectivity index (χ0n) is 11.5. The van der Waals surface area contributed by atoms with Gasteiger partial charge in [0, 0.05) is 0 Å². The quantitative estimate of drug-likeness (QED) is 0.649. The van der Waals surface area contributed by atoms with Crippen molar-refractivity contribution >= 4 is 17.9 Å². The Labute approximate surface area is 129 Å². The van der Waals surface area contributed by atoms with E-state index in [0.717, 1.165) is 0 Å². The van der Waals surface area contributed by atoms with Crippen LogP contribution in [0.2, 0.25) is 0 Å². The van der Waals surface area contributed by atoms with Crippen LogP contribution in [0.25, 0.3) is 0 Å². The molecule has 0 unspecified atom stereocenters. The highest BCUT2D eigenvalue weighted by Gasteiger charge is 2.30. The van der Waals surface area contributed by atoms with Crippen LogP contribution in [0.3, 0.4) is 0 Å². The summed E-state index contributed by atoms with van der Waals surface area (Å²) in [4.78, 5) is 10.7. The van der Waals surface area contributed by atoms with E-state index in [4.69, 9.17) is 5.11 Å². The lowest BCUT2D eigenvalue weighted by Crippen LogP contribution is -2.17. The molecule has 5 nitrogen and oxygen atoms in total. The highest BCUT2D eigenvalue weighted by atomic mass is 19.4. The summed E-state index contributed by atoms with van der Waals surface area (Å²) in [7, 11) is 0. The fourth-order valence-electron chi connectivity index (χ4n) is 1.62. The average molecular weight is 324 g/mol. The smallest absolute Gasteiger partial charge is 0.478 e. The maximum absolute atomic E-state index is 12.0. The van der Waals surface area contributed by atoms with Gasteiger partial charge in [-0.25, -0.2) is 4.79 Å². The Morgan fingerprint density at radius 2 is 1.70 bits per heavy atom. The van der Waals surface area contributed by atoms with Gasteiger partial charge in [-0.3, -0.25) is 5.43 Å². The number of carboxylic acids is 1. The van der Waals surface area contributed by atoms with Crippen molar-refractivity contribution in [2.24, 2.45) is 5.10 Å². The second-order valence-electron chi connectivity index (χ2n) is 4.37. The van der Waals surface area contributed by atoms with Gasteiger partial charge >= 0.3 is 12.3 Å². The third-order valence-corrected chi connectivity index (χ3v) is 2.65. The molecule has 0 atom stereocenters. The third kappa shape index (κ3) is 5.34. The van der Waals surface area contributed by atoms with E-state index in [9.17, 15) is 18.0 Å². The predicted octanol–water partition coefficient (Wildman–Crippen LogP) is 3.73. The molecule has 2 aromatic carbocycles. The number of alkyl halides is 3.